The highest BCUT2D eigenvalue weighted by atomic mass is 15.1. The smallest absolute Gasteiger partial charge is 0.00504 e. The van der Waals surface area contributed by atoms with Gasteiger partial charge in [-0.2, -0.15) is 0 Å². The van der Waals surface area contributed by atoms with Gasteiger partial charge in [-0.3, -0.25) is 0 Å². The standard InChI is InChI=1S/C17H34N2/c1-15(2)18-12-17(9-5-6-10-17)14-19-11-7-8-16(3,4)13-19/h15,18H,5-14H2,1-4H3. The fraction of sp³-hybridized carbons (Fsp3) is 1.00. The van der Waals surface area contributed by atoms with Gasteiger partial charge in [0, 0.05) is 25.7 Å². The van der Waals surface area contributed by atoms with Crippen LogP contribution in [0.1, 0.15) is 66.2 Å². The Hall–Kier alpha value is -0.0800. The topological polar surface area (TPSA) is 15.3 Å². The van der Waals surface area contributed by atoms with Gasteiger partial charge in [-0.15, -0.1) is 0 Å². The van der Waals surface area contributed by atoms with E-state index in [4.69, 9.17) is 0 Å². The number of piperidine rings is 1. The second-order valence-electron chi connectivity index (χ2n) is 8.22. The van der Waals surface area contributed by atoms with Gasteiger partial charge in [0.1, 0.15) is 0 Å². The van der Waals surface area contributed by atoms with E-state index in [0.717, 1.165) is 0 Å². The molecule has 1 heterocycles. The lowest BCUT2D eigenvalue weighted by atomic mass is 9.80. The summed E-state index contributed by atoms with van der Waals surface area (Å²) in [6, 6.07) is 0.621. The van der Waals surface area contributed by atoms with Crippen molar-refractivity contribution in [3.8, 4) is 0 Å². The Morgan fingerprint density at radius 2 is 1.74 bits per heavy atom. The molecule has 1 N–H and O–H groups in total. The average molecular weight is 266 g/mol. The van der Waals surface area contributed by atoms with Crippen LogP contribution >= 0.6 is 0 Å². The third-order valence-electron chi connectivity index (χ3n) is 5.09. The van der Waals surface area contributed by atoms with E-state index in [1.165, 1.54) is 64.7 Å². The second kappa shape index (κ2) is 6.13. The molecule has 112 valence electrons. The molecule has 0 radical (unpaired) electrons. The number of rotatable bonds is 5. The Kier molecular flexibility index (Phi) is 4.94. The second-order valence-corrected chi connectivity index (χ2v) is 8.22. The SMILES string of the molecule is CC(C)NCC1(CN2CCCC(C)(C)C2)CCCC1. The van der Waals surface area contributed by atoms with Crippen molar-refractivity contribution in [1.29, 1.82) is 0 Å². The molecule has 2 fully saturated rings. The molecule has 0 aromatic carbocycles. The van der Waals surface area contributed by atoms with Gasteiger partial charge in [-0.05, 0) is 43.1 Å². The van der Waals surface area contributed by atoms with Crippen molar-refractivity contribution in [2.24, 2.45) is 10.8 Å². The van der Waals surface area contributed by atoms with Crippen molar-refractivity contribution in [2.75, 3.05) is 26.2 Å². The molecule has 1 saturated heterocycles. The molecule has 19 heavy (non-hydrogen) atoms. The average Bonchev–Trinajstić information content (AvgIpc) is 2.74. The molecule has 0 aromatic rings. The van der Waals surface area contributed by atoms with Crippen molar-refractivity contribution in [1.82, 2.24) is 10.2 Å². The van der Waals surface area contributed by atoms with E-state index in [1.807, 2.05) is 0 Å². The van der Waals surface area contributed by atoms with Gasteiger partial charge in [0.2, 0.25) is 0 Å². The Balaban J connectivity index is 1.92. The van der Waals surface area contributed by atoms with Gasteiger partial charge < -0.3 is 10.2 Å². The molecule has 2 heteroatoms. The summed E-state index contributed by atoms with van der Waals surface area (Å²) in [6.07, 6.45) is 8.54. The van der Waals surface area contributed by atoms with Crippen LogP contribution in [0.3, 0.4) is 0 Å². The molecule has 0 bridgehead atoms. The first-order chi connectivity index (χ1) is 8.91. The van der Waals surface area contributed by atoms with Crippen LogP contribution in [0.15, 0.2) is 0 Å². The summed E-state index contributed by atoms with van der Waals surface area (Å²) in [5.41, 5.74) is 1.10. The summed E-state index contributed by atoms with van der Waals surface area (Å²) in [6.45, 7) is 14.6. The zero-order chi connectivity index (χ0) is 13.9. The quantitative estimate of drug-likeness (QED) is 0.817. The minimum atomic E-state index is 0.531. The van der Waals surface area contributed by atoms with Crippen molar-refractivity contribution < 1.29 is 0 Å². The molecule has 2 aliphatic rings. The van der Waals surface area contributed by atoms with E-state index in [1.54, 1.807) is 0 Å². The maximum absolute atomic E-state index is 3.71. The zero-order valence-electron chi connectivity index (χ0n) is 13.6. The molecule has 0 atom stereocenters. The highest BCUT2D eigenvalue weighted by molar-refractivity contribution is 4.92. The van der Waals surface area contributed by atoms with Gasteiger partial charge in [-0.1, -0.05) is 40.5 Å². The Labute approximate surface area is 120 Å². The minimum absolute atomic E-state index is 0.531. The number of nitrogens with zero attached hydrogens (tertiary/aromatic N) is 1. The largest absolute Gasteiger partial charge is 0.314 e. The van der Waals surface area contributed by atoms with E-state index in [0.29, 0.717) is 16.9 Å². The van der Waals surface area contributed by atoms with Crippen LogP contribution < -0.4 is 5.32 Å². The number of nitrogens with one attached hydrogen (secondary N) is 1. The first-order valence-corrected chi connectivity index (χ1v) is 8.37. The van der Waals surface area contributed by atoms with E-state index in [9.17, 15) is 0 Å². The molecular weight excluding hydrogens is 232 g/mol. The maximum Gasteiger partial charge on any atom is 0.00504 e. The number of likely N-dealkylation sites (tertiary alicyclic amines) is 1. The normalized spacial score (nSPS) is 27.0. The molecular formula is C17H34N2. The Morgan fingerprint density at radius 1 is 1.05 bits per heavy atom. The lowest BCUT2D eigenvalue weighted by molar-refractivity contribution is 0.0689. The predicted molar refractivity (Wildman–Crippen MR) is 83.5 cm³/mol. The summed E-state index contributed by atoms with van der Waals surface area (Å²) >= 11 is 0. The van der Waals surface area contributed by atoms with E-state index in [-0.39, 0.29) is 0 Å². The predicted octanol–water partition coefficient (Wildman–Crippen LogP) is 3.67. The molecule has 0 amide bonds. The fourth-order valence-corrected chi connectivity index (χ4v) is 4.09. The summed E-state index contributed by atoms with van der Waals surface area (Å²) in [5, 5.41) is 3.71. The van der Waals surface area contributed by atoms with Crippen LogP contribution in [-0.2, 0) is 0 Å². The minimum Gasteiger partial charge on any atom is -0.314 e. The van der Waals surface area contributed by atoms with Gasteiger partial charge in [0.15, 0.2) is 0 Å². The van der Waals surface area contributed by atoms with Crippen LogP contribution in [0.2, 0.25) is 0 Å². The Bertz CT molecular complexity index is 277. The van der Waals surface area contributed by atoms with Gasteiger partial charge in [0.05, 0.1) is 0 Å². The molecule has 0 unspecified atom stereocenters. The van der Waals surface area contributed by atoms with Gasteiger partial charge >= 0.3 is 0 Å². The van der Waals surface area contributed by atoms with Crippen LogP contribution in [-0.4, -0.2) is 37.1 Å². The third-order valence-corrected chi connectivity index (χ3v) is 5.09. The summed E-state index contributed by atoms with van der Waals surface area (Å²) in [4.78, 5) is 2.76. The van der Waals surface area contributed by atoms with Crippen LogP contribution in [0, 0.1) is 10.8 Å². The maximum atomic E-state index is 3.71. The number of hydrogen-bond donors (Lipinski definition) is 1. The molecule has 1 aliphatic carbocycles. The highest BCUT2D eigenvalue weighted by Crippen LogP contribution is 2.40. The van der Waals surface area contributed by atoms with E-state index >= 15 is 0 Å². The van der Waals surface area contributed by atoms with Crippen molar-refractivity contribution in [3.05, 3.63) is 0 Å². The fourth-order valence-electron chi connectivity index (χ4n) is 4.09. The lowest BCUT2D eigenvalue weighted by Gasteiger charge is -2.43. The van der Waals surface area contributed by atoms with Crippen LogP contribution in [0.25, 0.3) is 0 Å². The zero-order valence-corrected chi connectivity index (χ0v) is 13.6. The summed E-state index contributed by atoms with van der Waals surface area (Å²) in [5.74, 6) is 0. The summed E-state index contributed by atoms with van der Waals surface area (Å²) in [7, 11) is 0. The molecule has 0 aromatic heterocycles. The molecule has 2 rings (SSSR count). The molecule has 2 nitrogen and oxygen atoms in total. The highest BCUT2D eigenvalue weighted by Gasteiger charge is 2.37. The van der Waals surface area contributed by atoms with Crippen LogP contribution in [0.5, 0.6) is 0 Å². The van der Waals surface area contributed by atoms with Crippen molar-refractivity contribution in [3.63, 3.8) is 0 Å². The molecule has 1 aliphatic heterocycles. The van der Waals surface area contributed by atoms with Gasteiger partial charge in [0.25, 0.3) is 0 Å². The molecule has 1 saturated carbocycles. The van der Waals surface area contributed by atoms with Crippen molar-refractivity contribution in [2.45, 2.75) is 72.3 Å². The first kappa shape index (κ1) is 15.3. The number of hydrogen-bond acceptors (Lipinski definition) is 2. The monoisotopic (exact) mass is 266 g/mol. The lowest BCUT2D eigenvalue weighted by Crippen LogP contribution is -2.48. The third kappa shape index (κ3) is 4.46. The molecule has 0 spiro atoms. The van der Waals surface area contributed by atoms with E-state index < -0.39 is 0 Å². The Morgan fingerprint density at radius 3 is 2.32 bits per heavy atom. The van der Waals surface area contributed by atoms with Crippen molar-refractivity contribution >= 4 is 0 Å². The first-order valence-electron chi connectivity index (χ1n) is 8.37. The summed E-state index contributed by atoms with van der Waals surface area (Å²) < 4.78 is 0. The van der Waals surface area contributed by atoms with Crippen LogP contribution in [0.4, 0.5) is 0 Å². The van der Waals surface area contributed by atoms with Gasteiger partial charge in [-0.25, -0.2) is 0 Å². The van der Waals surface area contributed by atoms with E-state index in [2.05, 4.69) is 37.9 Å².